The van der Waals surface area contributed by atoms with E-state index < -0.39 is 11.6 Å². The second kappa shape index (κ2) is 7.67. The Morgan fingerprint density at radius 2 is 1.36 bits per heavy atom. The fraction of sp³-hybridized carbons (Fsp3) is 0.143. The standard InChI is InChI=1S/C21H19N3O/c22-24-23-20(18-12-6-2-7-13-18)21(25,19-14-8-3-9-15-19)16-17-10-4-1-5-11-17/h1-15,20,25H,16H2/t20-,21+/m0/s1. The van der Waals surface area contributed by atoms with Gasteiger partial charge in [-0.25, -0.2) is 0 Å². The summed E-state index contributed by atoms with van der Waals surface area (Å²) in [4.78, 5) is 3.01. The van der Waals surface area contributed by atoms with Crippen molar-refractivity contribution in [3.05, 3.63) is 118 Å². The maximum absolute atomic E-state index is 11.7. The van der Waals surface area contributed by atoms with Gasteiger partial charge in [0, 0.05) is 11.3 Å². The maximum Gasteiger partial charge on any atom is 0.106 e. The van der Waals surface area contributed by atoms with Crippen LogP contribution in [0.4, 0.5) is 0 Å². The molecule has 0 aliphatic carbocycles. The van der Waals surface area contributed by atoms with Crippen molar-refractivity contribution in [2.45, 2.75) is 18.1 Å². The fourth-order valence-corrected chi connectivity index (χ4v) is 3.12. The van der Waals surface area contributed by atoms with E-state index in [4.69, 9.17) is 5.53 Å². The molecule has 0 amide bonds. The topological polar surface area (TPSA) is 69.0 Å². The van der Waals surface area contributed by atoms with Gasteiger partial charge in [0.2, 0.25) is 0 Å². The zero-order valence-electron chi connectivity index (χ0n) is 13.7. The lowest BCUT2D eigenvalue weighted by Gasteiger charge is -2.35. The molecule has 0 bridgehead atoms. The molecule has 25 heavy (non-hydrogen) atoms. The highest BCUT2D eigenvalue weighted by Crippen LogP contribution is 2.40. The van der Waals surface area contributed by atoms with Gasteiger partial charge in [-0.05, 0) is 22.2 Å². The minimum atomic E-state index is -1.35. The summed E-state index contributed by atoms with van der Waals surface area (Å²) in [5.74, 6) is 0. The third-order valence-electron chi connectivity index (χ3n) is 4.32. The summed E-state index contributed by atoms with van der Waals surface area (Å²) in [6.07, 6.45) is 0.344. The molecule has 0 heterocycles. The van der Waals surface area contributed by atoms with Crippen LogP contribution in [0.2, 0.25) is 0 Å². The van der Waals surface area contributed by atoms with Crippen molar-refractivity contribution in [2.24, 2.45) is 5.11 Å². The molecule has 4 nitrogen and oxygen atoms in total. The van der Waals surface area contributed by atoms with Crippen LogP contribution in [0.5, 0.6) is 0 Å². The Hall–Kier alpha value is -3.07. The molecule has 3 aromatic rings. The largest absolute Gasteiger partial charge is 0.384 e. The van der Waals surface area contributed by atoms with E-state index in [2.05, 4.69) is 10.0 Å². The van der Waals surface area contributed by atoms with Gasteiger partial charge >= 0.3 is 0 Å². The number of azide groups is 1. The molecule has 0 saturated heterocycles. The molecule has 3 rings (SSSR count). The van der Waals surface area contributed by atoms with Crippen molar-refractivity contribution < 1.29 is 5.11 Å². The average Bonchev–Trinajstić information content (AvgIpc) is 2.68. The number of hydrogen-bond donors (Lipinski definition) is 1. The minimum absolute atomic E-state index is 0.344. The predicted molar refractivity (Wildman–Crippen MR) is 98.8 cm³/mol. The van der Waals surface area contributed by atoms with Gasteiger partial charge in [0.15, 0.2) is 0 Å². The molecule has 2 atom stereocenters. The third kappa shape index (κ3) is 3.72. The number of rotatable bonds is 6. The fourth-order valence-electron chi connectivity index (χ4n) is 3.12. The Morgan fingerprint density at radius 3 is 1.92 bits per heavy atom. The van der Waals surface area contributed by atoms with Gasteiger partial charge in [0.1, 0.15) is 5.60 Å². The summed E-state index contributed by atoms with van der Waals surface area (Å²) >= 11 is 0. The lowest BCUT2D eigenvalue weighted by atomic mass is 9.78. The molecule has 0 fully saturated rings. The summed E-state index contributed by atoms with van der Waals surface area (Å²) in [5, 5.41) is 15.7. The normalized spacial score (nSPS) is 14.1. The molecular weight excluding hydrogens is 310 g/mol. The van der Waals surface area contributed by atoms with Crippen LogP contribution in [0.3, 0.4) is 0 Å². The van der Waals surface area contributed by atoms with Crippen LogP contribution >= 0.6 is 0 Å². The first-order valence-electron chi connectivity index (χ1n) is 8.15. The Kier molecular flexibility index (Phi) is 5.14. The molecule has 0 spiro atoms. The first-order chi connectivity index (χ1) is 12.2. The Balaban J connectivity index is 2.13. The van der Waals surface area contributed by atoms with E-state index in [0.717, 1.165) is 16.7 Å². The molecule has 0 aliphatic heterocycles. The Bertz CT molecular complexity index is 846. The second-order valence-corrected chi connectivity index (χ2v) is 5.97. The quantitative estimate of drug-likeness (QED) is 0.378. The van der Waals surface area contributed by atoms with Crippen LogP contribution in [0.25, 0.3) is 10.4 Å². The zero-order chi connectivity index (χ0) is 17.5. The van der Waals surface area contributed by atoms with Crippen molar-refractivity contribution in [3.63, 3.8) is 0 Å². The van der Waals surface area contributed by atoms with E-state index in [1.807, 2.05) is 91.0 Å². The van der Waals surface area contributed by atoms with E-state index in [0.29, 0.717) is 6.42 Å². The molecule has 124 valence electrons. The van der Waals surface area contributed by atoms with Crippen molar-refractivity contribution in [2.75, 3.05) is 0 Å². The average molecular weight is 329 g/mol. The molecule has 0 aliphatic rings. The van der Waals surface area contributed by atoms with Crippen LogP contribution in [0.1, 0.15) is 22.7 Å². The molecule has 1 N–H and O–H groups in total. The molecule has 3 aromatic carbocycles. The summed E-state index contributed by atoms with van der Waals surface area (Å²) in [7, 11) is 0. The highest BCUT2D eigenvalue weighted by atomic mass is 16.3. The van der Waals surface area contributed by atoms with Crippen molar-refractivity contribution >= 4 is 0 Å². The number of hydrogen-bond acceptors (Lipinski definition) is 2. The third-order valence-corrected chi connectivity index (χ3v) is 4.32. The number of nitrogens with zero attached hydrogens (tertiary/aromatic N) is 3. The van der Waals surface area contributed by atoms with E-state index in [1.165, 1.54) is 0 Å². The van der Waals surface area contributed by atoms with Gasteiger partial charge in [0.05, 0.1) is 6.04 Å². The SMILES string of the molecule is [N-]=[N+]=N[C@@H](c1ccccc1)[C@@](O)(Cc1ccccc1)c1ccccc1. The Morgan fingerprint density at radius 1 is 0.840 bits per heavy atom. The van der Waals surface area contributed by atoms with E-state index in [-0.39, 0.29) is 0 Å². The Labute approximate surface area is 147 Å². The molecule has 0 radical (unpaired) electrons. The summed E-state index contributed by atoms with van der Waals surface area (Å²) < 4.78 is 0. The van der Waals surface area contributed by atoms with Gasteiger partial charge in [0.25, 0.3) is 0 Å². The predicted octanol–water partition coefficient (Wildman–Crippen LogP) is 5.17. The lowest BCUT2D eigenvalue weighted by Crippen LogP contribution is -2.35. The zero-order valence-corrected chi connectivity index (χ0v) is 13.7. The molecule has 0 saturated carbocycles. The molecule has 0 aromatic heterocycles. The van der Waals surface area contributed by atoms with E-state index in [1.54, 1.807) is 0 Å². The van der Waals surface area contributed by atoms with Crippen molar-refractivity contribution in [1.82, 2.24) is 0 Å². The summed E-state index contributed by atoms with van der Waals surface area (Å²) in [5.41, 5.74) is 10.2. The van der Waals surface area contributed by atoms with E-state index in [9.17, 15) is 5.11 Å². The van der Waals surface area contributed by atoms with Gasteiger partial charge in [-0.15, -0.1) is 0 Å². The first-order valence-corrected chi connectivity index (χ1v) is 8.15. The van der Waals surface area contributed by atoms with Gasteiger partial charge in [-0.1, -0.05) is 96.1 Å². The second-order valence-electron chi connectivity index (χ2n) is 5.97. The summed E-state index contributed by atoms with van der Waals surface area (Å²) in [6, 6.07) is 27.8. The van der Waals surface area contributed by atoms with E-state index >= 15 is 0 Å². The molecular formula is C21H19N3O. The summed E-state index contributed by atoms with van der Waals surface area (Å²) in [6.45, 7) is 0. The van der Waals surface area contributed by atoms with Gasteiger partial charge in [-0.3, -0.25) is 0 Å². The number of benzene rings is 3. The lowest BCUT2D eigenvalue weighted by molar-refractivity contribution is 0.00891. The van der Waals surface area contributed by atoms with Crippen LogP contribution in [0, 0.1) is 0 Å². The highest BCUT2D eigenvalue weighted by Gasteiger charge is 2.39. The van der Waals surface area contributed by atoms with Gasteiger partial charge in [-0.2, -0.15) is 0 Å². The monoisotopic (exact) mass is 329 g/mol. The van der Waals surface area contributed by atoms with Crippen molar-refractivity contribution in [1.29, 1.82) is 0 Å². The maximum atomic E-state index is 11.7. The molecule has 0 unspecified atom stereocenters. The minimum Gasteiger partial charge on any atom is -0.384 e. The smallest absolute Gasteiger partial charge is 0.106 e. The van der Waals surface area contributed by atoms with Crippen LogP contribution < -0.4 is 0 Å². The first kappa shape index (κ1) is 16.8. The van der Waals surface area contributed by atoms with Crippen LogP contribution in [-0.2, 0) is 12.0 Å². The van der Waals surface area contributed by atoms with Crippen LogP contribution in [0.15, 0.2) is 96.1 Å². The van der Waals surface area contributed by atoms with Crippen LogP contribution in [-0.4, -0.2) is 5.11 Å². The molecule has 4 heteroatoms. The highest BCUT2D eigenvalue weighted by molar-refractivity contribution is 5.33. The van der Waals surface area contributed by atoms with Gasteiger partial charge < -0.3 is 5.11 Å². The number of aliphatic hydroxyl groups is 1. The van der Waals surface area contributed by atoms with Crippen molar-refractivity contribution in [3.8, 4) is 0 Å².